The lowest BCUT2D eigenvalue weighted by atomic mass is 9.79. The van der Waals surface area contributed by atoms with E-state index >= 15 is 0 Å². The van der Waals surface area contributed by atoms with Gasteiger partial charge in [0.2, 0.25) is 0 Å². The molecule has 1 aliphatic carbocycles. The van der Waals surface area contributed by atoms with E-state index in [-0.39, 0.29) is 5.41 Å². The molecule has 2 aromatic rings. The van der Waals surface area contributed by atoms with Crippen LogP contribution in [0.3, 0.4) is 0 Å². The molecule has 2 aromatic carbocycles. The van der Waals surface area contributed by atoms with Crippen LogP contribution in [0.25, 0.3) is 0 Å². The summed E-state index contributed by atoms with van der Waals surface area (Å²) in [5.41, 5.74) is 2.85. The third kappa shape index (κ3) is 2.72. The molecule has 2 nitrogen and oxygen atoms in total. The van der Waals surface area contributed by atoms with E-state index < -0.39 is 0 Å². The van der Waals surface area contributed by atoms with Gasteiger partial charge in [0.25, 0.3) is 0 Å². The molecule has 23 heavy (non-hydrogen) atoms. The summed E-state index contributed by atoms with van der Waals surface area (Å²) in [6.07, 6.45) is 0. The fourth-order valence-corrected chi connectivity index (χ4v) is 4.87. The molecule has 0 fully saturated rings. The van der Waals surface area contributed by atoms with Crippen LogP contribution in [0.2, 0.25) is 0 Å². The lowest BCUT2D eigenvalue weighted by Crippen LogP contribution is -2.22. The van der Waals surface area contributed by atoms with Gasteiger partial charge in [0, 0.05) is 10.1 Å². The first-order valence-electron chi connectivity index (χ1n) is 7.97. The highest BCUT2D eigenvalue weighted by molar-refractivity contribution is 7.99. The number of methoxy groups -OCH3 is 2. The second kappa shape index (κ2) is 6.12. The summed E-state index contributed by atoms with van der Waals surface area (Å²) in [6, 6.07) is 15.0. The molecule has 122 valence electrons. The second-order valence-corrected chi connectivity index (χ2v) is 7.87. The Morgan fingerprint density at radius 2 is 1.57 bits per heavy atom. The molecule has 0 unspecified atom stereocenters. The topological polar surface area (TPSA) is 18.5 Å². The highest BCUT2D eigenvalue weighted by Gasteiger charge is 2.44. The first-order chi connectivity index (χ1) is 11.0. The predicted octanol–water partition coefficient (Wildman–Crippen LogP) is 5.46. The van der Waals surface area contributed by atoms with Gasteiger partial charge < -0.3 is 9.47 Å². The van der Waals surface area contributed by atoms with Crippen LogP contribution in [0.5, 0.6) is 11.5 Å². The third-order valence-corrected chi connectivity index (χ3v) is 6.62. The summed E-state index contributed by atoms with van der Waals surface area (Å²) in [5, 5.41) is 0.419. The molecule has 0 spiro atoms. The predicted molar refractivity (Wildman–Crippen MR) is 96.8 cm³/mol. The number of hydrogen-bond acceptors (Lipinski definition) is 3. The SMILES string of the molecule is COc1cc2c(cc1OC)C(C)(C)[C@@H](C)[C@@H]2Sc1ccccc1. The number of thioether (sulfide) groups is 1. The molecule has 3 heteroatoms. The zero-order chi connectivity index (χ0) is 16.6. The molecule has 0 bridgehead atoms. The van der Waals surface area contributed by atoms with Crippen LogP contribution in [-0.4, -0.2) is 14.2 Å². The van der Waals surface area contributed by atoms with Crippen molar-refractivity contribution < 1.29 is 9.47 Å². The van der Waals surface area contributed by atoms with Gasteiger partial charge >= 0.3 is 0 Å². The van der Waals surface area contributed by atoms with Crippen LogP contribution in [-0.2, 0) is 5.41 Å². The fourth-order valence-electron chi connectivity index (χ4n) is 3.39. The van der Waals surface area contributed by atoms with Gasteiger partial charge in [0.1, 0.15) is 0 Å². The maximum atomic E-state index is 5.53. The van der Waals surface area contributed by atoms with Crippen molar-refractivity contribution in [2.75, 3.05) is 14.2 Å². The Morgan fingerprint density at radius 3 is 2.17 bits per heavy atom. The maximum absolute atomic E-state index is 5.53. The van der Waals surface area contributed by atoms with Crippen molar-refractivity contribution in [2.24, 2.45) is 5.92 Å². The van der Waals surface area contributed by atoms with Gasteiger partial charge in [-0.05, 0) is 46.7 Å². The van der Waals surface area contributed by atoms with Crippen molar-refractivity contribution in [1.29, 1.82) is 0 Å². The lowest BCUT2D eigenvalue weighted by molar-refractivity contribution is 0.351. The summed E-state index contributed by atoms with van der Waals surface area (Å²) in [4.78, 5) is 1.31. The number of ether oxygens (including phenoxy) is 2. The lowest BCUT2D eigenvalue weighted by Gasteiger charge is -2.28. The van der Waals surface area contributed by atoms with Crippen molar-refractivity contribution in [3.05, 3.63) is 53.6 Å². The van der Waals surface area contributed by atoms with Crippen LogP contribution in [0.4, 0.5) is 0 Å². The summed E-state index contributed by atoms with van der Waals surface area (Å²) in [7, 11) is 3.40. The molecule has 3 rings (SSSR count). The minimum Gasteiger partial charge on any atom is -0.493 e. The molecular weight excluding hydrogens is 304 g/mol. The first-order valence-corrected chi connectivity index (χ1v) is 8.85. The number of rotatable bonds is 4. The average molecular weight is 328 g/mol. The Labute approximate surface area is 143 Å². The van der Waals surface area contributed by atoms with Crippen molar-refractivity contribution in [3.8, 4) is 11.5 Å². The highest BCUT2D eigenvalue weighted by Crippen LogP contribution is 2.58. The largest absolute Gasteiger partial charge is 0.493 e. The first kappa shape index (κ1) is 16.3. The van der Waals surface area contributed by atoms with Crippen molar-refractivity contribution in [2.45, 2.75) is 36.3 Å². The van der Waals surface area contributed by atoms with Crippen LogP contribution >= 0.6 is 11.8 Å². The Hall–Kier alpha value is -1.61. The van der Waals surface area contributed by atoms with E-state index in [4.69, 9.17) is 9.47 Å². The number of hydrogen-bond donors (Lipinski definition) is 0. The van der Waals surface area contributed by atoms with E-state index in [9.17, 15) is 0 Å². The van der Waals surface area contributed by atoms with E-state index in [1.807, 2.05) is 11.8 Å². The second-order valence-electron chi connectivity index (χ2n) is 6.66. The van der Waals surface area contributed by atoms with Gasteiger partial charge in [-0.1, -0.05) is 39.0 Å². The summed E-state index contributed by atoms with van der Waals surface area (Å²) in [6.45, 7) is 7.00. The minimum atomic E-state index is 0.112. The van der Waals surface area contributed by atoms with Crippen LogP contribution in [0.15, 0.2) is 47.4 Å². The van der Waals surface area contributed by atoms with Gasteiger partial charge in [-0.15, -0.1) is 11.8 Å². The van der Waals surface area contributed by atoms with E-state index in [1.54, 1.807) is 14.2 Å². The van der Waals surface area contributed by atoms with Crippen molar-refractivity contribution in [3.63, 3.8) is 0 Å². The molecule has 0 saturated carbocycles. The molecular formula is C20H24O2S. The smallest absolute Gasteiger partial charge is 0.161 e. The molecule has 0 amide bonds. The number of benzene rings is 2. The van der Waals surface area contributed by atoms with Crippen molar-refractivity contribution >= 4 is 11.8 Å². The number of fused-ring (bicyclic) bond motifs is 1. The van der Waals surface area contributed by atoms with Gasteiger partial charge in [-0.25, -0.2) is 0 Å². The summed E-state index contributed by atoms with van der Waals surface area (Å²) in [5.74, 6) is 2.16. The summed E-state index contributed by atoms with van der Waals surface area (Å²) < 4.78 is 11.0. The molecule has 0 aliphatic heterocycles. The minimum absolute atomic E-state index is 0.112. The van der Waals surface area contributed by atoms with Crippen molar-refractivity contribution in [1.82, 2.24) is 0 Å². The van der Waals surface area contributed by atoms with E-state index in [1.165, 1.54) is 16.0 Å². The Bertz CT molecular complexity index is 694. The molecule has 0 N–H and O–H groups in total. The Kier molecular flexibility index (Phi) is 4.33. The normalized spacial score (nSPS) is 21.8. The molecule has 0 aromatic heterocycles. The monoisotopic (exact) mass is 328 g/mol. The zero-order valence-electron chi connectivity index (χ0n) is 14.4. The average Bonchev–Trinajstić information content (AvgIpc) is 2.75. The molecule has 0 saturated heterocycles. The van der Waals surface area contributed by atoms with E-state index in [0.717, 1.165) is 11.5 Å². The van der Waals surface area contributed by atoms with Gasteiger partial charge in [-0.2, -0.15) is 0 Å². The fraction of sp³-hybridized carbons (Fsp3) is 0.400. The quantitative estimate of drug-likeness (QED) is 0.742. The van der Waals surface area contributed by atoms with Gasteiger partial charge in [-0.3, -0.25) is 0 Å². The highest BCUT2D eigenvalue weighted by atomic mass is 32.2. The molecule has 0 radical (unpaired) electrons. The molecule has 2 atom stereocenters. The van der Waals surface area contributed by atoms with Gasteiger partial charge in [0.05, 0.1) is 14.2 Å². The molecule has 0 heterocycles. The third-order valence-electron chi connectivity index (χ3n) is 5.16. The molecule has 1 aliphatic rings. The van der Waals surface area contributed by atoms with E-state index in [2.05, 4.69) is 63.2 Å². The van der Waals surface area contributed by atoms with Crippen LogP contribution in [0, 0.1) is 5.92 Å². The Morgan fingerprint density at radius 1 is 0.957 bits per heavy atom. The van der Waals surface area contributed by atoms with Crippen LogP contribution < -0.4 is 9.47 Å². The maximum Gasteiger partial charge on any atom is 0.161 e. The zero-order valence-corrected chi connectivity index (χ0v) is 15.2. The standard InChI is InChI=1S/C20H24O2S/c1-13-19(23-14-9-7-6-8-10-14)15-11-17(21-4)18(22-5)12-16(15)20(13,2)3/h6-13,19H,1-5H3/t13-,19-/m0/s1. The van der Waals surface area contributed by atoms with Gasteiger partial charge in [0.15, 0.2) is 11.5 Å². The Balaban J connectivity index is 2.07. The summed E-state index contributed by atoms with van der Waals surface area (Å²) >= 11 is 1.94. The van der Waals surface area contributed by atoms with E-state index in [0.29, 0.717) is 11.2 Å². The van der Waals surface area contributed by atoms with Crippen LogP contribution in [0.1, 0.15) is 37.1 Å².